The molecule has 0 aliphatic rings. The Labute approximate surface area is 186 Å². The Morgan fingerprint density at radius 2 is 1.15 bits per heavy atom. The summed E-state index contributed by atoms with van der Waals surface area (Å²) in [5, 5.41) is 1.54. The summed E-state index contributed by atoms with van der Waals surface area (Å²) < 4.78 is 16.6. The third-order valence-electron chi connectivity index (χ3n) is 5.47. The minimum atomic E-state index is -0.519. The van der Waals surface area contributed by atoms with Crippen molar-refractivity contribution in [3.8, 4) is 33.8 Å². The van der Waals surface area contributed by atoms with E-state index in [1.54, 1.807) is 66.9 Å². The van der Waals surface area contributed by atoms with E-state index in [2.05, 4.69) is 4.98 Å². The molecule has 0 atom stereocenters. The van der Waals surface area contributed by atoms with Gasteiger partial charge in [-0.3, -0.25) is 0 Å². The quantitative estimate of drug-likeness (QED) is 0.324. The standard InChI is InChI=1S/C27H15NO5/c29-26-19(12-16-6-1-3-8-24(16)32-26)21-14-18(23-10-5-11-31-23)15-22(28-21)20-13-17-7-2-4-9-25(17)33-27(20)30/h1-15H. The van der Waals surface area contributed by atoms with E-state index in [9.17, 15) is 9.59 Å². The summed E-state index contributed by atoms with van der Waals surface area (Å²) in [4.78, 5) is 30.3. The van der Waals surface area contributed by atoms with Gasteiger partial charge in [-0.25, -0.2) is 14.6 Å². The molecule has 4 heterocycles. The van der Waals surface area contributed by atoms with Crippen LogP contribution in [0.25, 0.3) is 55.8 Å². The molecule has 158 valence electrons. The van der Waals surface area contributed by atoms with Crippen LogP contribution in [-0.4, -0.2) is 4.98 Å². The van der Waals surface area contributed by atoms with Crippen LogP contribution in [0.4, 0.5) is 0 Å². The third-order valence-corrected chi connectivity index (χ3v) is 5.47. The lowest BCUT2D eigenvalue weighted by atomic mass is 10.0. The minimum absolute atomic E-state index is 0.286. The van der Waals surface area contributed by atoms with Gasteiger partial charge in [0.05, 0.1) is 28.8 Å². The molecule has 33 heavy (non-hydrogen) atoms. The van der Waals surface area contributed by atoms with Gasteiger partial charge in [0, 0.05) is 16.3 Å². The van der Waals surface area contributed by atoms with E-state index in [4.69, 9.17) is 13.3 Å². The molecule has 0 unspecified atom stereocenters. The first kappa shape index (κ1) is 19.0. The second-order valence-corrected chi connectivity index (χ2v) is 7.57. The van der Waals surface area contributed by atoms with Crippen molar-refractivity contribution in [2.24, 2.45) is 0 Å². The van der Waals surface area contributed by atoms with E-state index in [1.165, 1.54) is 0 Å². The van der Waals surface area contributed by atoms with Crippen LogP contribution in [0.5, 0.6) is 0 Å². The molecule has 6 nitrogen and oxygen atoms in total. The smallest absolute Gasteiger partial charge is 0.345 e. The van der Waals surface area contributed by atoms with Crippen LogP contribution in [0.2, 0.25) is 0 Å². The minimum Gasteiger partial charge on any atom is -0.464 e. The van der Waals surface area contributed by atoms with Gasteiger partial charge in [-0.15, -0.1) is 0 Å². The lowest BCUT2D eigenvalue weighted by Gasteiger charge is -2.08. The monoisotopic (exact) mass is 433 g/mol. The molecule has 6 rings (SSSR count). The van der Waals surface area contributed by atoms with Gasteiger partial charge in [-0.05, 0) is 48.5 Å². The molecular weight excluding hydrogens is 418 g/mol. The zero-order valence-electron chi connectivity index (χ0n) is 17.1. The fourth-order valence-corrected chi connectivity index (χ4v) is 3.87. The highest BCUT2D eigenvalue weighted by atomic mass is 16.4. The van der Waals surface area contributed by atoms with Crippen LogP contribution in [0.15, 0.2) is 114 Å². The Morgan fingerprint density at radius 1 is 0.606 bits per heavy atom. The SMILES string of the molecule is O=c1oc2ccccc2cc1-c1cc(-c2ccco2)cc(-c2cc3ccccc3oc2=O)n1. The third kappa shape index (κ3) is 3.34. The van der Waals surface area contributed by atoms with Crippen LogP contribution >= 0.6 is 0 Å². The number of nitrogens with zero attached hydrogens (tertiary/aromatic N) is 1. The Kier molecular flexibility index (Phi) is 4.30. The average Bonchev–Trinajstić information content (AvgIpc) is 3.38. The predicted octanol–water partition coefficient (Wildman–Crippen LogP) is 5.89. The molecule has 0 amide bonds. The first-order valence-corrected chi connectivity index (χ1v) is 10.3. The molecule has 0 aliphatic carbocycles. The fraction of sp³-hybridized carbons (Fsp3) is 0. The van der Waals surface area contributed by atoms with Crippen molar-refractivity contribution < 1.29 is 13.3 Å². The highest BCUT2D eigenvalue weighted by molar-refractivity contribution is 5.84. The van der Waals surface area contributed by atoms with E-state index in [0.717, 1.165) is 10.8 Å². The lowest BCUT2D eigenvalue weighted by molar-refractivity contribution is 0.562. The van der Waals surface area contributed by atoms with Crippen LogP contribution < -0.4 is 11.3 Å². The summed E-state index contributed by atoms with van der Waals surface area (Å²) in [6.45, 7) is 0. The number of rotatable bonds is 3. The number of hydrogen-bond acceptors (Lipinski definition) is 6. The van der Waals surface area contributed by atoms with Crippen LogP contribution in [0.3, 0.4) is 0 Å². The Hall–Kier alpha value is -4.71. The average molecular weight is 433 g/mol. The second kappa shape index (κ2) is 7.46. The number of hydrogen-bond donors (Lipinski definition) is 0. The summed E-state index contributed by atoms with van der Waals surface area (Å²) in [6.07, 6.45) is 1.56. The number of para-hydroxylation sites is 2. The molecule has 0 N–H and O–H groups in total. The highest BCUT2D eigenvalue weighted by Crippen LogP contribution is 2.30. The van der Waals surface area contributed by atoms with Crippen LogP contribution in [0, 0.1) is 0 Å². The van der Waals surface area contributed by atoms with Crippen LogP contribution in [-0.2, 0) is 0 Å². The van der Waals surface area contributed by atoms with Crippen molar-refractivity contribution in [2.75, 3.05) is 0 Å². The number of furan rings is 1. The number of benzene rings is 2. The van der Waals surface area contributed by atoms with Crippen molar-refractivity contribution in [3.63, 3.8) is 0 Å². The largest absolute Gasteiger partial charge is 0.464 e. The first-order valence-electron chi connectivity index (χ1n) is 10.3. The maximum atomic E-state index is 12.8. The fourth-order valence-electron chi connectivity index (χ4n) is 3.87. The molecule has 6 heteroatoms. The van der Waals surface area contributed by atoms with Gasteiger partial charge >= 0.3 is 11.3 Å². The summed E-state index contributed by atoms with van der Waals surface area (Å²) >= 11 is 0. The molecule has 0 aliphatic heterocycles. The highest BCUT2D eigenvalue weighted by Gasteiger charge is 2.17. The van der Waals surface area contributed by atoms with Gasteiger partial charge < -0.3 is 13.3 Å². The Morgan fingerprint density at radius 3 is 1.67 bits per heavy atom. The Balaban J connectivity index is 1.63. The topological polar surface area (TPSA) is 86.5 Å². The molecule has 0 bridgehead atoms. The molecule has 0 saturated carbocycles. The molecule has 2 aromatic carbocycles. The molecule has 4 aromatic heterocycles. The summed E-state index contributed by atoms with van der Waals surface area (Å²) in [5.74, 6) is 0.579. The van der Waals surface area contributed by atoms with Crippen molar-refractivity contribution >= 4 is 21.9 Å². The zero-order valence-corrected chi connectivity index (χ0v) is 17.1. The summed E-state index contributed by atoms with van der Waals surface area (Å²) in [5.41, 5.74) is 1.91. The molecule has 0 fully saturated rings. The normalized spacial score (nSPS) is 11.3. The van der Waals surface area contributed by atoms with Crippen molar-refractivity contribution in [1.29, 1.82) is 0 Å². The predicted molar refractivity (Wildman–Crippen MR) is 125 cm³/mol. The van der Waals surface area contributed by atoms with Crippen molar-refractivity contribution in [1.82, 2.24) is 4.98 Å². The maximum absolute atomic E-state index is 12.8. The van der Waals surface area contributed by atoms with E-state index in [0.29, 0.717) is 33.9 Å². The molecule has 6 aromatic rings. The van der Waals surface area contributed by atoms with Gasteiger partial charge in [-0.1, -0.05) is 36.4 Å². The van der Waals surface area contributed by atoms with Crippen LogP contribution in [0.1, 0.15) is 0 Å². The van der Waals surface area contributed by atoms with E-state index in [-0.39, 0.29) is 11.1 Å². The molecular formula is C27H15NO5. The van der Waals surface area contributed by atoms with Gasteiger partial charge in [0.1, 0.15) is 16.9 Å². The van der Waals surface area contributed by atoms with E-state index in [1.807, 2.05) is 24.3 Å². The van der Waals surface area contributed by atoms with Gasteiger partial charge in [0.15, 0.2) is 0 Å². The molecule has 0 spiro atoms. The van der Waals surface area contributed by atoms with Crippen molar-refractivity contribution in [3.05, 3.63) is 112 Å². The maximum Gasteiger partial charge on any atom is 0.345 e. The summed E-state index contributed by atoms with van der Waals surface area (Å²) in [6, 6.07) is 25.1. The first-order chi connectivity index (χ1) is 16.2. The van der Waals surface area contributed by atoms with E-state index >= 15 is 0 Å². The Bertz CT molecular complexity index is 1650. The second-order valence-electron chi connectivity index (χ2n) is 7.57. The lowest BCUT2D eigenvalue weighted by Crippen LogP contribution is -2.07. The number of aromatic nitrogens is 1. The van der Waals surface area contributed by atoms with Gasteiger partial charge in [0.2, 0.25) is 0 Å². The van der Waals surface area contributed by atoms with Gasteiger partial charge in [0.25, 0.3) is 0 Å². The van der Waals surface area contributed by atoms with E-state index < -0.39 is 11.3 Å². The van der Waals surface area contributed by atoms with Gasteiger partial charge in [-0.2, -0.15) is 0 Å². The summed E-state index contributed by atoms with van der Waals surface area (Å²) in [7, 11) is 0. The molecule has 0 radical (unpaired) electrons. The van der Waals surface area contributed by atoms with Crippen molar-refractivity contribution in [2.45, 2.75) is 0 Å². The number of pyridine rings is 1. The molecule has 0 saturated heterocycles. The number of fused-ring (bicyclic) bond motifs is 2. The zero-order chi connectivity index (χ0) is 22.4.